The Bertz CT molecular complexity index is 209. The van der Waals surface area contributed by atoms with Gasteiger partial charge in [-0.2, -0.15) is 11.8 Å². The molecule has 2 rings (SSSR count). The first-order chi connectivity index (χ1) is 7.36. The molecule has 0 aliphatic carbocycles. The van der Waals surface area contributed by atoms with Gasteiger partial charge < -0.3 is 10.6 Å². The Hall–Kier alpha value is -0.220. The lowest BCUT2D eigenvalue weighted by Crippen LogP contribution is -2.39. The summed E-state index contributed by atoms with van der Waals surface area (Å²) in [6.07, 6.45) is 4.48. The zero-order valence-electron chi connectivity index (χ0n) is 9.13. The molecule has 1 amide bonds. The van der Waals surface area contributed by atoms with Crippen molar-refractivity contribution in [1.29, 1.82) is 0 Å². The summed E-state index contributed by atoms with van der Waals surface area (Å²) in [6.45, 7) is 2.15. The molecular weight excluding hydrogens is 208 g/mol. The van der Waals surface area contributed by atoms with Crippen LogP contribution in [0, 0.1) is 5.92 Å². The van der Waals surface area contributed by atoms with E-state index in [0.29, 0.717) is 11.9 Å². The quantitative estimate of drug-likeness (QED) is 0.741. The minimum absolute atomic E-state index is 0.284. The van der Waals surface area contributed by atoms with E-state index in [0.717, 1.165) is 43.9 Å². The van der Waals surface area contributed by atoms with E-state index >= 15 is 0 Å². The van der Waals surface area contributed by atoms with Gasteiger partial charge in [-0.15, -0.1) is 0 Å². The highest BCUT2D eigenvalue weighted by molar-refractivity contribution is 7.99. The molecule has 2 fully saturated rings. The summed E-state index contributed by atoms with van der Waals surface area (Å²) in [5.41, 5.74) is 0. The van der Waals surface area contributed by atoms with Crippen molar-refractivity contribution in [3.8, 4) is 0 Å². The molecule has 2 atom stereocenters. The first kappa shape index (κ1) is 11.3. The number of nitrogens with one attached hydrogen (secondary N) is 2. The second-order valence-corrected chi connectivity index (χ2v) is 5.60. The number of amides is 1. The van der Waals surface area contributed by atoms with Crippen LogP contribution < -0.4 is 10.6 Å². The highest BCUT2D eigenvalue weighted by atomic mass is 32.2. The Balaban J connectivity index is 1.76. The van der Waals surface area contributed by atoms with Crippen LogP contribution in [0.5, 0.6) is 0 Å². The Labute approximate surface area is 95.8 Å². The van der Waals surface area contributed by atoms with E-state index < -0.39 is 0 Å². The Morgan fingerprint density at radius 2 is 2.20 bits per heavy atom. The first-order valence-corrected chi connectivity index (χ1v) is 7.10. The average molecular weight is 228 g/mol. The van der Waals surface area contributed by atoms with E-state index in [4.69, 9.17) is 0 Å². The summed E-state index contributed by atoms with van der Waals surface area (Å²) in [6, 6.07) is 0.415. The van der Waals surface area contributed by atoms with Crippen molar-refractivity contribution < 1.29 is 4.79 Å². The number of thioether (sulfide) groups is 1. The van der Waals surface area contributed by atoms with E-state index in [2.05, 4.69) is 10.6 Å². The zero-order valence-corrected chi connectivity index (χ0v) is 9.94. The fourth-order valence-electron chi connectivity index (χ4n) is 2.22. The van der Waals surface area contributed by atoms with Crippen LogP contribution in [0.25, 0.3) is 0 Å². The second-order valence-electron chi connectivity index (χ2n) is 4.45. The molecule has 4 heteroatoms. The fourth-order valence-corrected chi connectivity index (χ4v) is 3.44. The van der Waals surface area contributed by atoms with Crippen molar-refractivity contribution in [1.82, 2.24) is 10.6 Å². The molecule has 0 radical (unpaired) electrons. The van der Waals surface area contributed by atoms with Crippen LogP contribution in [-0.4, -0.2) is 36.5 Å². The minimum Gasteiger partial charge on any atom is -0.353 e. The average Bonchev–Trinajstić information content (AvgIpc) is 2.65. The first-order valence-electron chi connectivity index (χ1n) is 5.95. The van der Waals surface area contributed by atoms with E-state index in [1.165, 1.54) is 6.42 Å². The molecule has 2 aliphatic rings. The third-order valence-corrected chi connectivity index (χ3v) is 4.39. The summed E-state index contributed by atoms with van der Waals surface area (Å²) >= 11 is 1.90. The normalized spacial score (nSPS) is 32.3. The molecule has 86 valence electrons. The Kier molecular flexibility index (Phi) is 4.32. The van der Waals surface area contributed by atoms with Gasteiger partial charge in [0, 0.05) is 17.7 Å². The second kappa shape index (κ2) is 5.75. The predicted molar refractivity (Wildman–Crippen MR) is 64.1 cm³/mol. The summed E-state index contributed by atoms with van der Waals surface area (Å²) < 4.78 is 0. The van der Waals surface area contributed by atoms with Crippen LogP contribution in [0.3, 0.4) is 0 Å². The maximum atomic E-state index is 11.9. The summed E-state index contributed by atoms with van der Waals surface area (Å²) in [5.74, 6) is 2.76. The molecule has 2 N–H and O–H groups in total. The molecule has 0 aromatic carbocycles. The topological polar surface area (TPSA) is 41.1 Å². The van der Waals surface area contributed by atoms with Gasteiger partial charge in [-0.1, -0.05) is 0 Å². The lowest BCUT2D eigenvalue weighted by molar-refractivity contribution is -0.125. The van der Waals surface area contributed by atoms with E-state index in [1.54, 1.807) is 0 Å². The summed E-state index contributed by atoms with van der Waals surface area (Å²) in [7, 11) is 0. The molecule has 2 heterocycles. The van der Waals surface area contributed by atoms with E-state index in [1.807, 2.05) is 11.8 Å². The molecular formula is C11H20N2OS. The monoisotopic (exact) mass is 228 g/mol. The van der Waals surface area contributed by atoms with Crippen LogP contribution in [0.15, 0.2) is 0 Å². The number of carbonyl (C=O) groups is 1. The van der Waals surface area contributed by atoms with Gasteiger partial charge in [0.25, 0.3) is 0 Å². The van der Waals surface area contributed by atoms with Gasteiger partial charge in [0.15, 0.2) is 0 Å². The lowest BCUT2D eigenvalue weighted by Gasteiger charge is -2.18. The van der Waals surface area contributed by atoms with Gasteiger partial charge in [-0.3, -0.25) is 4.79 Å². The maximum absolute atomic E-state index is 11.9. The predicted octanol–water partition coefficient (Wildman–Crippen LogP) is 0.998. The van der Waals surface area contributed by atoms with Crippen molar-refractivity contribution in [3.05, 3.63) is 0 Å². The minimum atomic E-state index is 0.284. The van der Waals surface area contributed by atoms with Crippen LogP contribution in [-0.2, 0) is 4.79 Å². The van der Waals surface area contributed by atoms with Crippen molar-refractivity contribution in [2.24, 2.45) is 5.92 Å². The molecule has 0 aromatic rings. The van der Waals surface area contributed by atoms with Crippen LogP contribution in [0.4, 0.5) is 0 Å². The molecule has 15 heavy (non-hydrogen) atoms. The summed E-state index contributed by atoms with van der Waals surface area (Å²) in [4.78, 5) is 11.9. The van der Waals surface area contributed by atoms with Crippen LogP contribution >= 0.6 is 11.8 Å². The van der Waals surface area contributed by atoms with Gasteiger partial charge in [0.2, 0.25) is 5.91 Å². The fraction of sp³-hybridized carbons (Fsp3) is 0.909. The lowest BCUT2D eigenvalue weighted by atomic mass is 10.1. The van der Waals surface area contributed by atoms with Gasteiger partial charge in [0.05, 0.1) is 0 Å². The van der Waals surface area contributed by atoms with Crippen LogP contribution in [0.1, 0.15) is 25.7 Å². The molecule has 0 bridgehead atoms. The Morgan fingerprint density at radius 3 is 3.00 bits per heavy atom. The van der Waals surface area contributed by atoms with Crippen molar-refractivity contribution >= 4 is 17.7 Å². The molecule has 0 saturated carbocycles. The Morgan fingerprint density at radius 1 is 1.27 bits per heavy atom. The molecule has 2 aliphatic heterocycles. The van der Waals surface area contributed by atoms with Gasteiger partial charge in [0.1, 0.15) is 0 Å². The molecule has 3 nitrogen and oxygen atoms in total. The van der Waals surface area contributed by atoms with Crippen LogP contribution in [0.2, 0.25) is 0 Å². The standard InChI is InChI=1S/C11H20N2OS/c14-11(9-4-7-15-8-9)13-10-2-1-5-12-6-3-10/h9-10,12H,1-8H2,(H,13,14). The van der Waals surface area contributed by atoms with Crippen molar-refractivity contribution in [2.45, 2.75) is 31.7 Å². The molecule has 2 unspecified atom stereocenters. The third kappa shape index (κ3) is 3.38. The number of hydrogen-bond donors (Lipinski definition) is 2. The van der Waals surface area contributed by atoms with Gasteiger partial charge >= 0.3 is 0 Å². The van der Waals surface area contributed by atoms with Crippen molar-refractivity contribution in [3.63, 3.8) is 0 Å². The third-order valence-electron chi connectivity index (χ3n) is 3.22. The van der Waals surface area contributed by atoms with E-state index in [-0.39, 0.29) is 5.92 Å². The maximum Gasteiger partial charge on any atom is 0.224 e. The zero-order chi connectivity index (χ0) is 10.5. The molecule has 0 spiro atoms. The molecule has 2 saturated heterocycles. The highest BCUT2D eigenvalue weighted by Gasteiger charge is 2.25. The molecule has 0 aromatic heterocycles. The largest absolute Gasteiger partial charge is 0.353 e. The summed E-state index contributed by atoms with van der Waals surface area (Å²) in [5, 5.41) is 6.57. The van der Waals surface area contributed by atoms with Gasteiger partial charge in [-0.25, -0.2) is 0 Å². The number of rotatable bonds is 2. The smallest absolute Gasteiger partial charge is 0.224 e. The number of hydrogen-bond acceptors (Lipinski definition) is 3. The van der Waals surface area contributed by atoms with Crippen molar-refractivity contribution in [2.75, 3.05) is 24.6 Å². The highest BCUT2D eigenvalue weighted by Crippen LogP contribution is 2.23. The van der Waals surface area contributed by atoms with Gasteiger partial charge in [-0.05, 0) is 44.5 Å². The number of carbonyl (C=O) groups excluding carboxylic acids is 1. The SMILES string of the molecule is O=C(NC1CCCNCC1)C1CCSC1. The van der Waals surface area contributed by atoms with E-state index in [9.17, 15) is 4.79 Å².